The Hall–Kier alpha value is -3.30. The highest BCUT2D eigenvalue weighted by atomic mass is 32.1. The van der Waals surface area contributed by atoms with Gasteiger partial charge in [0.1, 0.15) is 17.8 Å². The summed E-state index contributed by atoms with van der Waals surface area (Å²) in [4.78, 5) is 31.3. The normalized spacial score (nSPS) is 13.6. The number of aromatic nitrogens is 4. The molecule has 3 aromatic heterocycles. The van der Waals surface area contributed by atoms with E-state index in [1.165, 1.54) is 25.0 Å². The number of thiazole rings is 1. The molecule has 34 heavy (non-hydrogen) atoms. The molecule has 1 aliphatic rings. The first-order valence-electron chi connectivity index (χ1n) is 11.5. The lowest BCUT2D eigenvalue weighted by Crippen LogP contribution is -2.26. The average Bonchev–Trinajstić information content (AvgIpc) is 3.50. The number of H-pyrrole nitrogens is 1. The molecule has 0 radical (unpaired) electrons. The zero-order valence-electron chi connectivity index (χ0n) is 19.9. The SMILES string of the molecule is CCCCN(C)C.O=CN1CC=C(c2cc3c(Nc4ccc5ncsc5c4)ncnc3[nH]2)CC1. The first-order chi connectivity index (χ1) is 16.6. The van der Waals surface area contributed by atoms with Gasteiger partial charge in [-0.1, -0.05) is 19.4 Å². The van der Waals surface area contributed by atoms with E-state index in [0.29, 0.717) is 6.54 Å². The van der Waals surface area contributed by atoms with Crippen LogP contribution in [0.3, 0.4) is 0 Å². The maximum absolute atomic E-state index is 10.9. The molecule has 0 saturated carbocycles. The summed E-state index contributed by atoms with van der Waals surface area (Å²) < 4.78 is 1.13. The molecule has 0 spiro atoms. The van der Waals surface area contributed by atoms with Gasteiger partial charge in [0.05, 0.1) is 21.1 Å². The lowest BCUT2D eigenvalue weighted by atomic mass is 10.1. The zero-order valence-corrected chi connectivity index (χ0v) is 20.7. The third-order valence-corrected chi connectivity index (χ3v) is 6.51. The lowest BCUT2D eigenvalue weighted by molar-refractivity contribution is -0.117. The summed E-state index contributed by atoms with van der Waals surface area (Å²) in [5.74, 6) is 0.761. The van der Waals surface area contributed by atoms with E-state index in [2.05, 4.69) is 69.4 Å². The number of hydrogen-bond acceptors (Lipinski definition) is 7. The number of carbonyl (C=O) groups excluding carboxylic acids is 1. The van der Waals surface area contributed by atoms with Gasteiger partial charge in [-0.2, -0.15) is 0 Å². The third kappa shape index (κ3) is 5.78. The molecule has 1 aliphatic heterocycles. The molecular weight excluding hydrogens is 446 g/mol. The van der Waals surface area contributed by atoms with Crippen LogP contribution in [-0.4, -0.2) is 69.9 Å². The maximum atomic E-state index is 10.9. The molecule has 0 unspecified atom stereocenters. The fourth-order valence-corrected chi connectivity index (χ4v) is 4.50. The van der Waals surface area contributed by atoms with Crippen LogP contribution in [0.4, 0.5) is 11.5 Å². The average molecular weight is 478 g/mol. The number of benzene rings is 1. The summed E-state index contributed by atoms with van der Waals surface area (Å²) in [5.41, 5.74) is 6.82. The molecule has 0 saturated heterocycles. The van der Waals surface area contributed by atoms with Crippen molar-refractivity contribution in [3.8, 4) is 0 Å². The second-order valence-corrected chi connectivity index (χ2v) is 9.45. The first kappa shape index (κ1) is 23.8. The summed E-state index contributed by atoms with van der Waals surface area (Å²) in [6.07, 6.45) is 7.99. The maximum Gasteiger partial charge on any atom is 0.209 e. The van der Waals surface area contributed by atoms with E-state index in [4.69, 9.17) is 0 Å². The predicted molar refractivity (Wildman–Crippen MR) is 140 cm³/mol. The molecule has 0 aliphatic carbocycles. The van der Waals surface area contributed by atoms with Crippen molar-refractivity contribution in [3.63, 3.8) is 0 Å². The Morgan fingerprint density at radius 3 is 2.82 bits per heavy atom. The largest absolute Gasteiger partial charge is 0.341 e. The van der Waals surface area contributed by atoms with E-state index in [1.807, 2.05) is 17.6 Å². The van der Waals surface area contributed by atoms with E-state index in [1.54, 1.807) is 22.6 Å². The first-order valence-corrected chi connectivity index (χ1v) is 12.4. The Kier molecular flexibility index (Phi) is 7.87. The van der Waals surface area contributed by atoms with E-state index in [9.17, 15) is 4.79 Å². The second-order valence-electron chi connectivity index (χ2n) is 8.56. The van der Waals surface area contributed by atoms with Gasteiger partial charge in [-0.15, -0.1) is 11.3 Å². The van der Waals surface area contributed by atoms with Crippen LogP contribution in [0, 0.1) is 0 Å². The van der Waals surface area contributed by atoms with Crippen LogP contribution < -0.4 is 5.32 Å². The Bertz CT molecular complexity index is 1280. The lowest BCUT2D eigenvalue weighted by Gasteiger charge is -2.21. The number of fused-ring (bicyclic) bond motifs is 2. The standard InChI is InChI=1S/C19H16N6OS.C6H15N/c26-11-25-5-3-12(4-6-25)16-8-14-18(20-9-21-19(14)24-16)23-13-1-2-15-17(7-13)27-10-22-15;1-4-5-6-7(2)3/h1-3,7-11H,4-6H2,(H2,20,21,23,24);4-6H2,1-3H3. The molecule has 9 heteroatoms. The summed E-state index contributed by atoms with van der Waals surface area (Å²) in [6, 6.07) is 8.15. The molecule has 1 amide bonds. The van der Waals surface area contributed by atoms with Crippen molar-refractivity contribution in [2.24, 2.45) is 0 Å². The van der Waals surface area contributed by atoms with Gasteiger partial charge in [-0.25, -0.2) is 15.0 Å². The summed E-state index contributed by atoms with van der Waals surface area (Å²) in [6.45, 7) is 4.82. The number of carbonyl (C=O) groups is 1. The monoisotopic (exact) mass is 477 g/mol. The Balaban J connectivity index is 0.000000344. The molecule has 4 aromatic rings. The molecular formula is C25H31N7OS. The Labute approximate surface area is 203 Å². The molecule has 0 bridgehead atoms. The molecule has 4 heterocycles. The van der Waals surface area contributed by atoms with Crippen LogP contribution in [0.15, 0.2) is 42.2 Å². The van der Waals surface area contributed by atoms with Crippen molar-refractivity contribution in [1.82, 2.24) is 29.7 Å². The highest BCUT2D eigenvalue weighted by Crippen LogP contribution is 2.30. The van der Waals surface area contributed by atoms with Gasteiger partial charge in [0.15, 0.2) is 0 Å². The second kappa shape index (κ2) is 11.2. The summed E-state index contributed by atoms with van der Waals surface area (Å²) >= 11 is 1.61. The van der Waals surface area contributed by atoms with Crippen LogP contribution in [0.1, 0.15) is 31.9 Å². The topological polar surface area (TPSA) is 90.0 Å². The molecule has 1 aromatic carbocycles. The fraction of sp³-hybridized carbons (Fsp3) is 0.360. The molecule has 2 N–H and O–H groups in total. The number of rotatable bonds is 7. The summed E-state index contributed by atoms with van der Waals surface area (Å²) in [5, 5.41) is 4.34. The van der Waals surface area contributed by atoms with Gasteiger partial charge in [0, 0.05) is 24.5 Å². The Morgan fingerprint density at radius 2 is 2.12 bits per heavy atom. The number of nitrogens with one attached hydrogen (secondary N) is 2. The predicted octanol–water partition coefficient (Wildman–Crippen LogP) is 4.90. The van der Waals surface area contributed by atoms with Crippen LogP contribution >= 0.6 is 11.3 Å². The minimum absolute atomic E-state index is 0.639. The van der Waals surface area contributed by atoms with Crippen molar-refractivity contribution in [2.45, 2.75) is 26.2 Å². The highest BCUT2D eigenvalue weighted by molar-refractivity contribution is 7.16. The Morgan fingerprint density at radius 1 is 1.24 bits per heavy atom. The smallest absolute Gasteiger partial charge is 0.209 e. The van der Waals surface area contributed by atoms with Crippen molar-refractivity contribution < 1.29 is 4.79 Å². The number of amides is 1. The molecule has 0 fully saturated rings. The minimum Gasteiger partial charge on any atom is -0.341 e. The van der Waals surface area contributed by atoms with E-state index in [-0.39, 0.29) is 0 Å². The van der Waals surface area contributed by atoms with Crippen LogP contribution in [-0.2, 0) is 4.79 Å². The van der Waals surface area contributed by atoms with Gasteiger partial charge in [-0.3, -0.25) is 4.79 Å². The van der Waals surface area contributed by atoms with Crippen LogP contribution in [0.2, 0.25) is 0 Å². The van der Waals surface area contributed by atoms with Gasteiger partial charge in [-0.05, 0) is 63.3 Å². The number of hydrogen-bond donors (Lipinski definition) is 2. The number of aromatic amines is 1. The van der Waals surface area contributed by atoms with Gasteiger partial charge in [0.2, 0.25) is 6.41 Å². The van der Waals surface area contributed by atoms with Crippen LogP contribution in [0.5, 0.6) is 0 Å². The summed E-state index contributed by atoms with van der Waals surface area (Å²) in [7, 11) is 4.21. The van der Waals surface area contributed by atoms with Crippen molar-refractivity contribution in [1.29, 1.82) is 0 Å². The quantitative estimate of drug-likeness (QED) is 0.368. The number of anilines is 2. The van der Waals surface area contributed by atoms with E-state index < -0.39 is 0 Å². The number of unbranched alkanes of at least 4 members (excludes halogenated alkanes) is 1. The molecule has 8 nitrogen and oxygen atoms in total. The van der Waals surface area contributed by atoms with Crippen molar-refractivity contribution in [3.05, 3.63) is 47.9 Å². The van der Waals surface area contributed by atoms with Crippen molar-refractivity contribution in [2.75, 3.05) is 39.0 Å². The zero-order chi connectivity index (χ0) is 23.9. The van der Waals surface area contributed by atoms with Gasteiger partial charge >= 0.3 is 0 Å². The van der Waals surface area contributed by atoms with Gasteiger partial charge in [0.25, 0.3) is 0 Å². The number of nitrogens with zero attached hydrogens (tertiary/aromatic N) is 5. The molecule has 0 atom stereocenters. The van der Waals surface area contributed by atoms with Crippen LogP contribution in [0.25, 0.3) is 26.8 Å². The highest BCUT2D eigenvalue weighted by Gasteiger charge is 2.15. The van der Waals surface area contributed by atoms with E-state index >= 15 is 0 Å². The minimum atomic E-state index is 0.639. The molecule has 178 valence electrons. The van der Waals surface area contributed by atoms with Crippen molar-refractivity contribution >= 4 is 56.1 Å². The van der Waals surface area contributed by atoms with Gasteiger partial charge < -0.3 is 20.1 Å². The molecule has 5 rings (SSSR count). The fourth-order valence-electron chi connectivity index (χ4n) is 3.78. The van der Waals surface area contributed by atoms with E-state index in [0.717, 1.165) is 57.8 Å². The third-order valence-electron chi connectivity index (χ3n) is 5.71.